The Hall–Kier alpha value is -3.40. The number of ether oxygens (including phenoxy) is 1. The number of hydrogen-bond acceptors (Lipinski definition) is 3. The van der Waals surface area contributed by atoms with Gasteiger partial charge in [0.1, 0.15) is 24.0 Å². The minimum Gasteiger partial charge on any atom is -0.488 e. The fraction of sp³-hybridized carbons (Fsp3) is 0.0370. The first-order valence-electron chi connectivity index (χ1n) is 10.1. The van der Waals surface area contributed by atoms with E-state index in [1.54, 1.807) is 18.2 Å². The minimum atomic E-state index is -0.480. The highest BCUT2D eigenvalue weighted by atomic mass is 79.9. The zero-order valence-electron chi connectivity index (χ0n) is 17.4. The summed E-state index contributed by atoms with van der Waals surface area (Å²) in [5, 5.41) is 14.4. The number of anilines is 1. The predicted octanol–water partition coefficient (Wildman–Crippen LogP) is 7.49. The molecule has 162 valence electrons. The Morgan fingerprint density at radius 3 is 2.27 bits per heavy atom. The smallest absolute Gasteiger partial charge is 0.266 e. The summed E-state index contributed by atoms with van der Waals surface area (Å²) in [5.74, 6) is 0.118. The molecule has 0 aliphatic carbocycles. The van der Waals surface area contributed by atoms with Crippen LogP contribution in [0.3, 0.4) is 0 Å². The Bertz CT molecular complexity index is 1370. The molecule has 6 heteroatoms. The van der Waals surface area contributed by atoms with Crippen molar-refractivity contribution in [3.63, 3.8) is 0 Å². The lowest BCUT2D eigenvalue weighted by atomic mass is 10.0. The van der Waals surface area contributed by atoms with Crippen molar-refractivity contribution in [2.24, 2.45) is 0 Å². The molecular weight excluding hydrogens is 544 g/mol. The largest absolute Gasteiger partial charge is 0.488 e. The van der Waals surface area contributed by atoms with Crippen LogP contribution in [0.5, 0.6) is 5.75 Å². The number of carbonyl (C=O) groups excluding carboxylic acids is 1. The van der Waals surface area contributed by atoms with Gasteiger partial charge in [0, 0.05) is 20.2 Å². The van der Waals surface area contributed by atoms with E-state index >= 15 is 0 Å². The molecule has 0 fully saturated rings. The number of halogens is 2. The lowest BCUT2D eigenvalue weighted by molar-refractivity contribution is -0.112. The number of hydrogen-bond donors (Lipinski definition) is 1. The maximum absolute atomic E-state index is 12.8. The van der Waals surface area contributed by atoms with E-state index in [0.29, 0.717) is 23.6 Å². The van der Waals surface area contributed by atoms with E-state index < -0.39 is 5.91 Å². The number of benzene rings is 4. The molecule has 0 unspecified atom stereocenters. The third-order valence-electron chi connectivity index (χ3n) is 4.99. The summed E-state index contributed by atoms with van der Waals surface area (Å²) in [6.07, 6.45) is 1.59. The van der Waals surface area contributed by atoms with Crippen LogP contribution in [0.25, 0.3) is 16.8 Å². The summed E-state index contributed by atoms with van der Waals surface area (Å²) in [7, 11) is 0. The van der Waals surface area contributed by atoms with E-state index in [0.717, 1.165) is 25.3 Å². The molecule has 4 aromatic carbocycles. The van der Waals surface area contributed by atoms with Gasteiger partial charge < -0.3 is 10.1 Å². The standard InChI is InChI=1S/C27H18Br2N2O2/c28-21-8-5-18(6-9-21)17-33-26-14-7-19-3-1-2-4-24(19)25(26)15-20(16-30)27(32)31-23-12-10-22(29)11-13-23/h1-15H,17H2,(H,31,32)/b20-15+. The first-order valence-corrected chi connectivity index (χ1v) is 11.7. The molecule has 4 rings (SSSR count). The summed E-state index contributed by atoms with van der Waals surface area (Å²) in [6.45, 7) is 0.361. The van der Waals surface area contributed by atoms with Crippen LogP contribution in [-0.2, 0) is 11.4 Å². The highest BCUT2D eigenvalue weighted by Gasteiger charge is 2.14. The Labute approximate surface area is 208 Å². The highest BCUT2D eigenvalue weighted by molar-refractivity contribution is 9.10. The molecule has 0 aliphatic rings. The summed E-state index contributed by atoms with van der Waals surface area (Å²) in [4.78, 5) is 12.8. The first-order chi connectivity index (χ1) is 16.0. The zero-order valence-corrected chi connectivity index (χ0v) is 20.6. The first kappa shape index (κ1) is 22.8. The molecule has 0 saturated heterocycles. The van der Waals surface area contributed by atoms with Gasteiger partial charge in [-0.05, 0) is 64.9 Å². The van der Waals surface area contributed by atoms with Crippen molar-refractivity contribution in [1.29, 1.82) is 5.26 Å². The second-order valence-electron chi connectivity index (χ2n) is 7.24. The fourth-order valence-corrected chi connectivity index (χ4v) is 3.85. The third-order valence-corrected chi connectivity index (χ3v) is 6.05. The molecule has 4 aromatic rings. The number of rotatable bonds is 6. The molecule has 0 aromatic heterocycles. The number of nitrogens with one attached hydrogen (secondary N) is 1. The predicted molar refractivity (Wildman–Crippen MR) is 139 cm³/mol. The van der Waals surface area contributed by atoms with Gasteiger partial charge in [-0.15, -0.1) is 0 Å². The third kappa shape index (κ3) is 5.70. The van der Waals surface area contributed by atoms with E-state index in [4.69, 9.17) is 4.74 Å². The molecule has 1 amide bonds. The second kappa shape index (κ2) is 10.5. The number of amides is 1. The Morgan fingerprint density at radius 1 is 0.909 bits per heavy atom. The number of nitrogens with zero attached hydrogens (tertiary/aromatic N) is 1. The van der Waals surface area contributed by atoms with Gasteiger partial charge in [-0.2, -0.15) is 5.26 Å². The van der Waals surface area contributed by atoms with Crippen LogP contribution in [0.2, 0.25) is 0 Å². The normalized spacial score (nSPS) is 11.1. The lowest BCUT2D eigenvalue weighted by Gasteiger charge is -2.13. The van der Waals surface area contributed by atoms with E-state index in [2.05, 4.69) is 37.2 Å². The van der Waals surface area contributed by atoms with E-state index in [-0.39, 0.29) is 5.57 Å². The van der Waals surface area contributed by atoms with Crippen molar-refractivity contribution in [2.75, 3.05) is 5.32 Å². The summed E-state index contributed by atoms with van der Waals surface area (Å²) in [5.41, 5.74) is 2.29. The molecule has 0 bridgehead atoms. The molecule has 4 nitrogen and oxygen atoms in total. The topological polar surface area (TPSA) is 62.1 Å². The molecule has 0 spiro atoms. The molecule has 0 radical (unpaired) electrons. The minimum absolute atomic E-state index is 0.0113. The lowest BCUT2D eigenvalue weighted by Crippen LogP contribution is -2.13. The van der Waals surface area contributed by atoms with Crippen LogP contribution in [0.1, 0.15) is 11.1 Å². The van der Waals surface area contributed by atoms with Gasteiger partial charge in [0.05, 0.1) is 0 Å². The van der Waals surface area contributed by atoms with Gasteiger partial charge in [-0.1, -0.05) is 74.3 Å². The number of carbonyl (C=O) groups is 1. The van der Waals surface area contributed by atoms with Crippen LogP contribution in [-0.4, -0.2) is 5.91 Å². The van der Waals surface area contributed by atoms with E-state index in [1.807, 2.05) is 78.9 Å². The molecule has 0 saturated carbocycles. The maximum Gasteiger partial charge on any atom is 0.266 e. The van der Waals surface area contributed by atoms with Crippen LogP contribution in [0, 0.1) is 11.3 Å². The van der Waals surface area contributed by atoms with E-state index in [1.165, 1.54) is 0 Å². The monoisotopic (exact) mass is 560 g/mol. The molecular formula is C27H18Br2N2O2. The van der Waals surface area contributed by atoms with Crippen LogP contribution in [0.15, 0.2) is 99.4 Å². The zero-order chi connectivity index (χ0) is 23.2. The van der Waals surface area contributed by atoms with Crippen molar-refractivity contribution >= 4 is 60.3 Å². The van der Waals surface area contributed by atoms with Gasteiger partial charge in [-0.3, -0.25) is 4.79 Å². The van der Waals surface area contributed by atoms with Gasteiger partial charge >= 0.3 is 0 Å². The molecule has 33 heavy (non-hydrogen) atoms. The summed E-state index contributed by atoms with van der Waals surface area (Å²) in [6, 6.07) is 28.7. The average molecular weight is 562 g/mol. The molecule has 0 atom stereocenters. The van der Waals surface area contributed by atoms with Crippen molar-refractivity contribution in [2.45, 2.75) is 6.61 Å². The quantitative estimate of drug-likeness (QED) is 0.196. The van der Waals surface area contributed by atoms with Gasteiger partial charge in [0.25, 0.3) is 5.91 Å². The van der Waals surface area contributed by atoms with Crippen molar-refractivity contribution in [1.82, 2.24) is 0 Å². The van der Waals surface area contributed by atoms with Crippen molar-refractivity contribution in [3.8, 4) is 11.8 Å². The van der Waals surface area contributed by atoms with Crippen LogP contribution < -0.4 is 10.1 Å². The Morgan fingerprint density at radius 2 is 1.58 bits per heavy atom. The van der Waals surface area contributed by atoms with Gasteiger partial charge in [0.15, 0.2) is 0 Å². The maximum atomic E-state index is 12.8. The SMILES string of the molecule is N#C/C(=C\c1c(OCc2ccc(Br)cc2)ccc2ccccc12)C(=O)Nc1ccc(Br)cc1. The molecule has 0 aliphatic heterocycles. The number of nitriles is 1. The second-order valence-corrected chi connectivity index (χ2v) is 9.08. The Kier molecular flexibility index (Phi) is 7.23. The van der Waals surface area contributed by atoms with Crippen molar-refractivity contribution < 1.29 is 9.53 Å². The molecule has 0 heterocycles. The summed E-state index contributed by atoms with van der Waals surface area (Å²) < 4.78 is 8.02. The van der Waals surface area contributed by atoms with E-state index in [9.17, 15) is 10.1 Å². The van der Waals surface area contributed by atoms with Gasteiger partial charge in [0.2, 0.25) is 0 Å². The number of fused-ring (bicyclic) bond motifs is 1. The summed E-state index contributed by atoms with van der Waals surface area (Å²) >= 11 is 6.81. The highest BCUT2D eigenvalue weighted by Crippen LogP contribution is 2.31. The van der Waals surface area contributed by atoms with Gasteiger partial charge in [-0.25, -0.2) is 0 Å². The average Bonchev–Trinajstić information content (AvgIpc) is 2.84. The van der Waals surface area contributed by atoms with Crippen molar-refractivity contribution in [3.05, 3.63) is 111 Å². The Balaban J connectivity index is 1.68. The van der Waals surface area contributed by atoms with Crippen LogP contribution >= 0.6 is 31.9 Å². The molecule has 1 N–H and O–H groups in total. The fourth-order valence-electron chi connectivity index (χ4n) is 3.32. The van der Waals surface area contributed by atoms with Crippen LogP contribution in [0.4, 0.5) is 5.69 Å².